The van der Waals surface area contributed by atoms with Gasteiger partial charge in [0.15, 0.2) is 0 Å². The van der Waals surface area contributed by atoms with Gasteiger partial charge in [-0.15, -0.1) is 23.5 Å². The minimum Gasteiger partial charge on any atom is -0.139 e. The summed E-state index contributed by atoms with van der Waals surface area (Å²) >= 11 is 4.55. The Morgan fingerprint density at radius 1 is 0.667 bits per heavy atom. The Hall–Kier alpha value is -0.0800. The maximum absolute atomic E-state index is 2.34. The fraction of sp³-hybridized carbons (Fsp3) is 0.684. The van der Waals surface area contributed by atoms with Crippen molar-refractivity contribution in [1.82, 2.24) is 0 Å². The molecule has 1 aromatic carbocycles. The van der Waals surface area contributed by atoms with Gasteiger partial charge in [-0.25, -0.2) is 0 Å². The Balaban J connectivity index is 1.64. The van der Waals surface area contributed by atoms with Crippen molar-refractivity contribution in [3.63, 3.8) is 0 Å². The lowest BCUT2D eigenvalue weighted by molar-refractivity contribution is 0.513. The van der Waals surface area contributed by atoms with Gasteiger partial charge in [0.25, 0.3) is 0 Å². The van der Waals surface area contributed by atoms with Crippen molar-refractivity contribution >= 4 is 23.5 Å². The number of hydrogen-bond acceptors (Lipinski definition) is 2. The second-order valence-corrected chi connectivity index (χ2v) is 9.65. The monoisotopic (exact) mass is 320 g/mol. The largest absolute Gasteiger partial charge is 0.139 e. The van der Waals surface area contributed by atoms with Crippen molar-refractivity contribution in [3.05, 3.63) is 35.9 Å². The first kappa shape index (κ1) is 15.8. The third-order valence-corrected chi connectivity index (χ3v) is 8.23. The fourth-order valence-corrected chi connectivity index (χ4v) is 7.29. The first-order chi connectivity index (χ1) is 10.4. The van der Waals surface area contributed by atoms with Gasteiger partial charge in [0.2, 0.25) is 0 Å². The van der Waals surface area contributed by atoms with E-state index in [1.54, 1.807) is 5.56 Å². The highest BCUT2D eigenvalue weighted by Crippen LogP contribution is 2.49. The van der Waals surface area contributed by atoms with Gasteiger partial charge in [-0.3, -0.25) is 0 Å². The van der Waals surface area contributed by atoms with Crippen LogP contribution in [0.1, 0.15) is 74.4 Å². The molecule has 1 aromatic rings. The molecule has 3 rings (SSSR count). The van der Waals surface area contributed by atoms with E-state index in [4.69, 9.17) is 0 Å². The Bertz CT molecular complexity index is 371. The Kier molecular flexibility index (Phi) is 6.42. The summed E-state index contributed by atoms with van der Waals surface area (Å²) in [7, 11) is 0. The molecule has 0 amide bonds. The van der Waals surface area contributed by atoms with Crippen LogP contribution in [-0.2, 0) is 0 Å². The first-order valence-electron chi connectivity index (χ1n) is 8.78. The van der Waals surface area contributed by atoms with Crippen LogP contribution in [0.3, 0.4) is 0 Å². The minimum atomic E-state index is 0.664. The van der Waals surface area contributed by atoms with E-state index in [0.29, 0.717) is 4.58 Å². The molecular weight excluding hydrogens is 292 g/mol. The van der Waals surface area contributed by atoms with E-state index < -0.39 is 0 Å². The number of rotatable bonds is 5. The van der Waals surface area contributed by atoms with Gasteiger partial charge in [0, 0.05) is 10.5 Å². The van der Waals surface area contributed by atoms with Crippen LogP contribution < -0.4 is 0 Å². The van der Waals surface area contributed by atoms with E-state index in [-0.39, 0.29) is 0 Å². The lowest BCUT2D eigenvalue weighted by Gasteiger charge is -2.30. The van der Waals surface area contributed by atoms with Gasteiger partial charge in [0.05, 0.1) is 4.58 Å². The number of benzene rings is 1. The normalized spacial score (nSPS) is 21.8. The van der Waals surface area contributed by atoms with Gasteiger partial charge in [-0.05, 0) is 31.2 Å². The van der Waals surface area contributed by atoms with Crippen LogP contribution in [0.5, 0.6) is 0 Å². The fourth-order valence-electron chi connectivity index (χ4n) is 3.55. The molecule has 0 aliphatic heterocycles. The molecule has 0 aromatic heterocycles. The molecule has 0 radical (unpaired) electrons. The van der Waals surface area contributed by atoms with Gasteiger partial charge < -0.3 is 0 Å². The van der Waals surface area contributed by atoms with Crippen LogP contribution in [0.2, 0.25) is 0 Å². The zero-order chi connectivity index (χ0) is 14.3. The standard InChI is InChI=1S/C19H28S2/c1-4-10-16(11-5-1)19(20-17-12-6-2-7-13-17)21-18-14-8-3-9-15-18/h1,4-5,10-11,17-19H,2-3,6-9,12-15H2. The van der Waals surface area contributed by atoms with E-state index in [1.807, 2.05) is 0 Å². The average Bonchev–Trinajstić information content (AvgIpc) is 2.57. The van der Waals surface area contributed by atoms with Crippen molar-refractivity contribution in [2.75, 3.05) is 0 Å². The highest BCUT2D eigenvalue weighted by Gasteiger charge is 2.25. The van der Waals surface area contributed by atoms with E-state index in [2.05, 4.69) is 53.9 Å². The third-order valence-electron chi connectivity index (χ3n) is 4.81. The number of thioether (sulfide) groups is 2. The Morgan fingerprint density at radius 2 is 1.14 bits per heavy atom. The van der Waals surface area contributed by atoms with E-state index >= 15 is 0 Å². The molecule has 2 heteroatoms. The van der Waals surface area contributed by atoms with Crippen molar-refractivity contribution in [2.45, 2.75) is 79.3 Å². The second kappa shape index (κ2) is 8.53. The average molecular weight is 321 g/mol. The van der Waals surface area contributed by atoms with Gasteiger partial charge >= 0.3 is 0 Å². The van der Waals surface area contributed by atoms with Gasteiger partial charge in [-0.1, -0.05) is 68.9 Å². The molecule has 2 aliphatic rings. The van der Waals surface area contributed by atoms with E-state index in [9.17, 15) is 0 Å². The van der Waals surface area contributed by atoms with Crippen LogP contribution in [0.15, 0.2) is 30.3 Å². The highest BCUT2D eigenvalue weighted by atomic mass is 32.2. The summed E-state index contributed by atoms with van der Waals surface area (Å²) in [5, 5.41) is 1.81. The molecule has 2 fully saturated rings. The summed E-state index contributed by atoms with van der Waals surface area (Å²) in [6, 6.07) is 11.3. The van der Waals surface area contributed by atoms with Crippen molar-refractivity contribution < 1.29 is 0 Å². The summed E-state index contributed by atoms with van der Waals surface area (Å²) < 4.78 is 0.664. The minimum absolute atomic E-state index is 0.664. The molecule has 116 valence electrons. The molecule has 2 aliphatic carbocycles. The molecule has 0 saturated heterocycles. The maximum atomic E-state index is 2.34. The Labute approximate surface area is 138 Å². The summed E-state index contributed by atoms with van der Waals surface area (Å²) in [6.07, 6.45) is 14.5. The van der Waals surface area contributed by atoms with Crippen LogP contribution in [0.4, 0.5) is 0 Å². The molecule has 21 heavy (non-hydrogen) atoms. The first-order valence-corrected chi connectivity index (χ1v) is 10.7. The SMILES string of the molecule is c1ccc(C(SC2CCCCC2)SC2CCCCC2)cc1. The van der Waals surface area contributed by atoms with E-state index in [1.165, 1.54) is 64.2 Å². The predicted molar refractivity (Wildman–Crippen MR) is 98.1 cm³/mol. The van der Waals surface area contributed by atoms with Crippen LogP contribution >= 0.6 is 23.5 Å². The molecule has 2 saturated carbocycles. The van der Waals surface area contributed by atoms with Gasteiger partial charge in [-0.2, -0.15) is 0 Å². The third kappa shape index (κ3) is 4.96. The quantitative estimate of drug-likeness (QED) is 0.546. The van der Waals surface area contributed by atoms with Crippen LogP contribution in [0.25, 0.3) is 0 Å². The smallest absolute Gasteiger partial charge is 0.0756 e. The predicted octanol–water partition coefficient (Wildman–Crippen LogP) is 6.82. The molecular formula is C19H28S2. The molecule has 0 spiro atoms. The Morgan fingerprint density at radius 3 is 1.62 bits per heavy atom. The summed E-state index contributed by atoms with van der Waals surface area (Å²) in [5.74, 6) is 0. The summed E-state index contributed by atoms with van der Waals surface area (Å²) in [6.45, 7) is 0. The van der Waals surface area contributed by atoms with Crippen molar-refractivity contribution in [3.8, 4) is 0 Å². The van der Waals surface area contributed by atoms with Crippen molar-refractivity contribution in [1.29, 1.82) is 0 Å². The number of hydrogen-bond donors (Lipinski definition) is 0. The zero-order valence-electron chi connectivity index (χ0n) is 13.0. The second-order valence-electron chi connectivity index (χ2n) is 6.53. The molecule has 0 bridgehead atoms. The molecule has 0 unspecified atom stereocenters. The van der Waals surface area contributed by atoms with Crippen LogP contribution in [0, 0.1) is 0 Å². The summed E-state index contributed by atoms with van der Waals surface area (Å²) in [5.41, 5.74) is 1.55. The molecule has 0 heterocycles. The lowest BCUT2D eigenvalue weighted by Crippen LogP contribution is -2.13. The molecule has 0 atom stereocenters. The van der Waals surface area contributed by atoms with Crippen LogP contribution in [-0.4, -0.2) is 10.5 Å². The maximum Gasteiger partial charge on any atom is 0.0756 e. The molecule has 0 N–H and O–H groups in total. The zero-order valence-corrected chi connectivity index (χ0v) is 14.6. The lowest BCUT2D eigenvalue weighted by atomic mass is 10.0. The van der Waals surface area contributed by atoms with Gasteiger partial charge in [0.1, 0.15) is 0 Å². The topological polar surface area (TPSA) is 0 Å². The molecule has 0 nitrogen and oxygen atoms in total. The highest BCUT2D eigenvalue weighted by molar-refractivity contribution is 8.16. The van der Waals surface area contributed by atoms with E-state index in [0.717, 1.165) is 10.5 Å². The van der Waals surface area contributed by atoms with Crippen molar-refractivity contribution in [2.24, 2.45) is 0 Å². The summed E-state index contributed by atoms with van der Waals surface area (Å²) in [4.78, 5) is 0.